The molecule has 1 aliphatic rings. The molecule has 8 heteroatoms. The second-order valence-corrected chi connectivity index (χ2v) is 6.87. The third-order valence-corrected chi connectivity index (χ3v) is 5.33. The molecule has 0 radical (unpaired) electrons. The van der Waals surface area contributed by atoms with Crippen LogP contribution in [0.1, 0.15) is 23.5 Å². The predicted octanol–water partition coefficient (Wildman–Crippen LogP) is 2.00. The zero-order valence-electron chi connectivity index (χ0n) is 15.2. The zero-order valence-corrected chi connectivity index (χ0v) is 16.1. The summed E-state index contributed by atoms with van der Waals surface area (Å²) in [5, 5.41) is 3.25. The van der Waals surface area contributed by atoms with E-state index in [1.54, 1.807) is 44.0 Å². The summed E-state index contributed by atoms with van der Waals surface area (Å²) in [5.74, 6) is 3.83. The highest BCUT2D eigenvalue weighted by Gasteiger charge is 2.34. The molecule has 1 aliphatic heterocycles. The van der Waals surface area contributed by atoms with E-state index in [9.17, 15) is 9.59 Å². The van der Waals surface area contributed by atoms with Crippen LogP contribution in [0.5, 0.6) is 11.5 Å². The van der Waals surface area contributed by atoms with Crippen LogP contribution in [0.3, 0.4) is 0 Å². The van der Waals surface area contributed by atoms with Crippen molar-refractivity contribution in [1.82, 2.24) is 9.55 Å². The van der Waals surface area contributed by atoms with Crippen LogP contribution in [0.2, 0.25) is 0 Å². The number of terminal acetylenes is 1. The Morgan fingerprint density at radius 3 is 2.81 bits per heavy atom. The lowest BCUT2D eigenvalue weighted by atomic mass is 9.86. The lowest BCUT2D eigenvalue weighted by Gasteiger charge is -2.28. The minimum absolute atomic E-state index is 0.115. The van der Waals surface area contributed by atoms with Gasteiger partial charge >= 0.3 is 0 Å². The zero-order chi connectivity index (χ0) is 19.6. The summed E-state index contributed by atoms with van der Waals surface area (Å²) in [6, 6.07) is 5.31. The Balaban J connectivity index is 2.20. The number of nitrogens with zero attached hydrogens (tertiary/aromatic N) is 2. The Bertz CT molecular complexity index is 994. The highest BCUT2D eigenvalue weighted by molar-refractivity contribution is 7.99. The van der Waals surface area contributed by atoms with Crippen molar-refractivity contribution >= 4 is 23.5 Å². The lowest BCUT2D eigenvalue weighted by molar-refractivity contribution is -0.116. The van der Waals surface area contributed by atoms with Gasteiger partial charge in [0.1, 0.15) is 17.3 Å². The predicted molar refractivity (Wildman–Crippen MR) is 104 cm³/mol. The molecule has 1 aromatic carbocycles. The van der Waals surface area contributed by atoms with Gasteiger partial charge in [0.15, 0.2) is 5.16 Å². The first-order valence-corrected chi connectivity index (χ1v) is 9.17. The van der Waals surface area contributed by atoms with Crippen LogP contribution in [0.15, 0.2) is 28.2 Å². The Hall–Kier alpha value is -2.92. The summed E-state index contributed by atoms with van der Waals surface area (Å²) in [6.07, 6.45) is 5.42. The summed E-state index contributed by atoms with van der Waals surface area (Å²) in [6.45, 7) is 0. The Labute approximate surface area is 161 Å². The minimum Gasteiger partial charge on any atom is -0.497 e. The molecule has 1 atom stereocenters. The first kappa shape index (κ1) is 18.9. The van der Waals surface area contributed by atoms with E-state index in [1.165, 1.54) is 11.8 Å². The van der Waals surface area contributed by atoms with Gasteiger partial charge in [-0.1, -0.05) is 17.7 Å². The number of amides is 1. The molecule has 1 amide bonds. The molecule has 27 heavy (non-hydrogen) atoms. The molecular weight excluding hydrogens is 366 g/mol. The van der Waals surface area contributed by atoms with Crippen molar-refractivity contribution in [2.45, 2.75) is 17.5 Å². The van der Waals surface area contributed by atoms with Gasteiger partial charge in [-0.05, 0) is 18.2 Å². The molecule has 2 heterocycles. The molecule has 0 fully saturated rings. The number of ether oxygens (including phenoxy) is 2. The number of hydrogen-bond donors (Lipinski definition) is 1. The summed E-state index contributed by atoms with van der Waals surface area (Å²) in [7, 11) is 4.85. The van der Waals surface area contributed by atoms with E-state index >= 15 is 0 Å². The number of hydrogen-bond acceptors (Lipinski definition) is 6. The largest absolute Gasteiger partial charge is 0.497 e. The molecule has 0 saturated heterocycles. The van der Waals surface area contributed by atoms with Crippen molar-refractivity contribution in [2.75, 3.05) is 25.3 Å². The number of benzene rings is 1. The Morgan fingerprint density at radius 1 is 1.37 bits per heavy atom. The van der Waals surface area contributed by atoms with Gasteiger partial charge in [-0.2, -0.15) is 4.98 Å². The summed E-state index contributed by atoms with van der Waals surface area (Å²) in [5.41, 5.74) is 0.738. The van der Waals surface area contributed by atoms with E-state index in [2.05, 4.69) is 16.2 Å². The number of methoxy groups -OCH3 is 2. The summed E-state index contributed by atoms with van der Waals surface area (Å²) < 4.78 is 12.4. The number of fused-ring (bicyclic) bond motifs is 1. The summed E-state index contributed by atoms with van der Waals surface area (Å²) in [4.78, 5) is 29.4. The number of aromatic nitrogens is 2. The van der Waals surface area contributed by atoms with Crippen molar-refractivity contribution in [3.05, 3.63) is 39.7 Å². The normalized spacial score (nSPS) is 15.5. The van der Waals surface area contributed by atoms with E-state index in [4.69, 9.17) is 15.9 Å². The molecule has 1 N–H and O–H groups in total. The first-order chi connectivity index (χ1) is 13.0. The molecule has 1 aromatic heterocycles. The molecular formula is C19H19N3O4S. The number of rotatable bonds is 5. The van der Waals surface area contributed by atoms with Crippen molar-refractivity contribution in [3.8, 4) is 23.8 Å². The van der Waals surface area contributed by atoms with Gasteiger partial charge in [-0.25, -0.2) is 0 Å². The smallest absolute Gasteiger partial charge is 0.279 e. The Kier molecular flexibility index (Phi) is 5.42. The van der Waals surface area contributed by atoms with Gasteiger partial charge in [0, 0.05) is 24.9 Å². The molecule has 0 bridgehead atoms. The molecule has 3 rings (SSSR count). The maximum atomic E-state index is 12.8. The monoisotopic (exact) mass is 385 g/mol. The van der Waals surface area contributed by atoms with E-state index in [1.807, 2.05) is 0 Å². The highest BCUT2D eigenvalue weighted by atomic mass is 32.2. The van der Waals surface area contributed by atoms with Crippen LogP contribution in [-0.2, 0) is 11.8 Å². The fourth-order valence-corrected chi connectivity index (χ4v) is 3.79. The van der Waals surface area contributed by atoms with Crippen molar-refractivity contribution in [2.24, 2.45) is 7.05 Å². The molecule has 2 aromatic rings. The molecule has 140 valence electrons. The van der Waals surface area contributed by atoms with Gasteiger partial charge in [-0.3, -0.25) is 9.59 Å². The number of anilines is 1. The molecule has 0 spiro atoms. The second kappa shape index (κ2) is 7.76. The molecule has 1 unspecified atom stereocenters. The van der Waals surface area contributed by atoms with Crippen LogP contribution in [0, 0.1) is 12.3 Å². The van der Waals surface area contributed by atoms with Gasteiger partial charge < -0.3 is 19.4 Å². The van der Waals surface area contributed by atoms with Crippen molar-refractivity contribution < 1.29 is 14.3 Å². The molecule has 7 nitrogen and oxygen atoms in total. The quantitative estimate of drug-likeness (QED) is 0.482. The van der Waals surface area contributed by atoms with E-state index < -0.39 is 11.5 Å². The van der Waals surface area contributed by atoms with Gasteiger partial charge in [0.2, 0.25) is 5.91 Å². The van der Waals surface area contributed by atoms with Crippen LogP contribution < -0.4 is 20.3 Å². The lowest BCUT2D eigenvalue weighted by Crippen LogP contribution is -2.33. The minimum atomic E-state index is -0.489. The highest BCUT2D eigenvalue weighted by Crippen LogP contribution is 2.40. The van der Waals surface area contributed by atoms with Gasteiger partial charge in [0.05, 0.1) is 25.5 Å². The average Bonchev–Trinajstić information content (AvgIpc) is 2.68. The van der Waals surface area contributed by atoms with Crippen LogP contribution in [0.4, 0.5) is 5.82 Å². The van der Waals surface area contributed by atoms with Crippen molar-refractivity contribution in [1.29, 1.82) is 0 Å². The first-order valence-electron chi connectivity index (χ1n) is 8.19. The third-order valence-electron chi connectivity index (χ3n) is 4.40. The summed E-state index contributed by atoms with van der Waals surface area (Å²) >= 11 is 1.27. The molecule has 0 aliphatic carbocycles. The van der Waals surface area contributed by atoms with E-state index in [0.29, 0.717) is 39.4 Å². The van der Waals surface area contributed by atoms with Crippen molar-refractivity contribution in [3.63, 3.8) is 0 Å². The number of thioether (sulfide) groups is 1. The topological polar surface area (TPSA) is 82.5 Å². The Morgan fingerprint density at radius 2 is 2.15 bits per heavy atom. The standard InChI is InChI=1S/C19H19N3O4S/c1-5-8-27-19-21-18(24)16-13(10-15(23)20-17(16)22(19)2)12-9-11(25-3)6-7-14(12)26-4/h1,6-7,9,13H,8,10H2,2-4H3,(H,20,23). The second-order valence-electron chi connectivity index (χ2n) is 5.93. The third kappa shape index (κ3) is 3.51. The SMILES string of the molecule is C#CCSc1nc(=O)c2c(n1C)NC(=O)CC2c1cc(OC)ccc1OC. The average molecular weight is 385 g/mol. The number of carbonyl (C=O) groups is 1. The van der Waals surface area contributed by atoms with Crippen LogP contribution in [-0.4, -0.2) is 35.4 Å². The van der Waals surface area contributed by atoms with E-state index in [-0.39, 0.29) is 12.3 Å². The number of nitrogens with one attached hydrogen (secondary N) is 1. The van der Waals surface area contributed by atoms with Gasteiger partial charge in [-0.15, -0.1) is 6.42 Å². The van der Waals surface area contributed by atoms with E-state index in [0.717, 1.165) is 0 Å². The fourth-order valence-electron chi connectivity index (χ4n) is 3.15. The fraction of sp³-hybridized carbons (Fsp3) is 0.316. The maximum absolute atomic E-state index is 12.8. The molecule has 0 saturated carbocycles. The van der Waals surface area contributed by atoms with Crippen LogP contribution >= 0.6 is 11.8 Å². The van der Waals surface area contributed by atoms with Gasteiger partial charge in [0.25, 0.3) is 5.56 Å². The maximum Gasteiger partial charge on any atom is 0.279 e. The number of carbonyl (C=O) groups excluding carboxylic acids is 1. The van der Waals surface area contributed by atoms with Crippen LogP contribution in [0.25, 0.3) is 0 Å².